The van der Waals surface area contributed by atoms with Crippen LogP contribution in [0, 0.1) is 0 Å². The molecule has 0 spiro atoms. The van der Waals surface area contributed by atoms with Crippen LogP contribution in [0.3, 0.4) is 0 Å². The molecule has 1 aliphatic rings. The highest BCUT2D eigenvalue weighted by Crippen LogP contribution is 2.29. The summed E-state index contributed by atoms with van der Waals surface area (Å²) in [5.74, 6) is 1.71. The first-order chi connectivity index (χ1) is 9.76. The monoisotopic (exact) mass is 292 g/mol. The number of hydrogen-bond donors (Lipinski definition) is 1. The molecule has 3 heterocycles. The molecule has 2 N–H and O–H groups in total. The van der Waals surface area contributed by atoms with E-state index in [0.29, 0.717) is 10.9 Å². The molecule has 8 heteroatoms. The lowest BCUT2D eigenvalue weighted by molar-refractivity contribution is 0.396. The largest absolute Gasteiger partial charge is 0.481 e. The van der Waals surface area contributed by atoms with E-state index in [1.165, 1.54) is 24.6 Å². The van der Waals surface area contributed by atoms with Crippen LogP contribution in [-0.2, 0) is 13.0 Å². The third-order valence-electron chi connectivity index (χ3n) is 3.18. The average Bonchev–Trinajstić information content (AvgIpc) is 2.67. The molecule has 0 fully saturated rings. The van der Waals surface area contributed by atoms with Gasteiger partial charge in [-0.2, -0.15) is 4.98 Å². The summed E-state index contributed by atoms with van der Waals surface area (Å²) in [6.07, 6.45) is 4.56. The Hall–Kier alpha value is -1.83. The fraction of sp³-hybridized carbons (Fsp3) is 0.500. The van der Waals surface area contributed by atoms with Crippen LogP contribution in [0.5, 0.6) is 5.88 Å². The maximum atomic E-state index is 5.67. The van der Waals surface area contributed by atoms with E-state index in [9.17, 15) is 0 Å². The number of rotatable bonds is 3. The zero-order chi connectivity index (χ0) is 13.9. The van der Waals surface area contributed by atoms with E-state index in [4.69, 9.17) is 10.5 Å². The Morgan fingerprint density at radius 2 is 2.15 bits per heavy atom. The van der Waals surface area contributed by atoms with Crippen molar-refractivity contribution < 1.29 is 4.74 Å². The summed E-state index contributed by atoms with van der Waals surface area (Å²) in [6.45, 7) is 0.961. The number of aromatic nitrogens is 5. The highest BCUT2D eigenvalue weighted by molar-refractivity contribution is 7.99. The molecule has 0 unspecified atom stereocenters. The van der Waals surface area contributed by atoms with Crippen LogP contribution in [0.1, 0.15) is 25.1 Å². The highest BCUT2D eigenvalue weighted by Gasteiger charge is 2.16. The normalized spacial score (nSPS) is 14.7. The molecule has 106 valence electrons. The van der Waals surface area contributed by atoms with Gasteiger partial charge in [0.1, 0.15) is 10.9 Å². The van der Waals surface area contributed by atoms with Gasteiger partial charge in [-0.05, 0) is 24.6 Å². The molecule has 7 nitrogen and oxygen atoms in total. The van der Waals surface area contributed by atoms with E-state index in [1.807, 2.05) is 0 Å². The molecule has 3 rings (SSSR count). The van der Waals surface area contributed by atoms with E-state index in [-0.39, 0.29) is 5.95 Å². The Morgan fingerprint density at radius 3 is 3.00 bits per heavy atom. The lowest BCUT2D eigenvalue weighted by atomic mass is 10.2. The van der Waals surface area contributed by atoms with Crippen LogP contribution in [0.15, 0.2) is 16.2 Å². The molecule has 0 atom stereocenters. The van der Waals surface area contributed by atoms with Crippen molar-refractivity contribution in [1.82, 2.24) is 24.7 Å². The number of anilines is 1. The standard InChI is InChI=1S/C12H16N6OS/c1-19-9-7-10(15-11(13)14-9)20-12-17-16-8-5-3-2-4-6-18(8)12/h7H,2-6H2,1H3,(H2,13,14,15). The van der Waals surface area contributed by atoms with Crippen molar-refractivity contribution in [3.63, 3.8) is 0 Å². The Balaban J connectivity index is 1.88. The number of aryl methyl sites for hydroxylation is 1. The Kier molecular flexibility index (Phi) is 3.72. The van der Waals surface area contributed by atoms with Gasteiger partial charge in [0.2, 0.25) is 11.8 Å². The van der Waals surface area contributed by atoms with Crippen LogP contribution in [0.2, 0.25) is 0 Å². The quantitative estimate of drug-likeness (QED) is 0.858. The maximum absolute atomic E-state index is 5.67. The molecule has 0 aromatic carbocycles. The molecule has 0 saturated carbocycles. The van der Waals surface area contributed by atoms with Gasteiger partial charge in [-0.15, -0.1) is 10.2 Å². The van der Waals surface area contributed by atoms with Crippen LogP contribution in [-0.4, -0.2) is 31.8 Å². The second-order valence-electron chi connectivity index (χ2n) is 4.57. The summed E-state index contributed by atoms with van der Waals surface area (Å²) in [7, 11) is 1.55. The zero-order valence-electron chi connectivity index (χ0n) is 11.2. The molecule has 1 aliphatic heterocycles. The average molecular weight is 292 g/mol. The molecular weight excluding hydrogens is 276 g/mol. The number of methoxy groups -OCH3 is 1. The number of ether oxygens (including phenoxy) is 1. The van der Waals surface area contributed by atoms with Gasteiger partial charge in [-0.3, -0.25) is 0 Å². The van der Waals surface area contributed by atoms with Crippen molar-refractivity contribution in [2.45, 2.75) is 42.4 Å². The smallest absolute Gasteiger partial charge is 0.224 e. The van der Waals surface area contributed by atoms with E-state index in [1.54, 1.807) is 13.2 Å². The summed E-state index contributed by atoms with van der Waals surface area (Å²) in [5, 5.41) is 10.1. The van der Waals surface area contributed by atoms with E-state index in [0.717, 1.165) is 30.4 Å². The Bertz CT molecular complexity index is 614. The lowest BCUT2D eigenvalue weighted by Crippen LogP contribution is -2.03. The Labute approximate surface area is 121 Å². The van der Waals surface area contributed by atoms with Crippen LogP contribution in [0.25, 0.3) is 0 Å². The van der Waals surface area contributed by atoms with Gasteiger partial charge in [0, 0.05) is 19.0 Å². The van der Waals surface area contributed by atoms with Crippen LogP contribution in [0.4, 0.5) is 5.95 Å². The predicted molar refractivity (Wildman–Crippen MR) is 74.7 cm³/mol. The minimum Gasteiger partial charge on any atom is -0.481 e. The number of nitrogens with two attached hydrogens (primary N) is 1. The van der Waals surface area contributed by atoms with E-state index >= 15 is 0 Å². The number of nitrogen functional groups attached to an aromatic ring is 1. The van der Waals surface area contributed by atoms with Crippen molar-refractivity contribution in [2.24, 2.45) is 0 Å². The summed E-state index contributed by atoms with van der Waals surface area (Å²) in [5.41, 5.74) is 5.67. The van der Waals surface area contributed by atoms with Gasteiger partial charge in [-0.1, -0.05) is 6.42 Å². The van der Waals surface area contributed by atoms with Crippen molar-refractivity contribution in [3.8, 4) is 5.88 Å². The molecule has 0 radical (unpaired) electrons. The van der Waals surface area contributed by atoms with E-state index in [2.05, 4.69) is 24.7 Å². The SMILES string of the molecule is COc1cc(Sc2nnc3n2CCCCC3)nc(N)n1. The summed E-state index contributed by atoms with van der Waals surface area (Å²) in [6, 6.07) is 1.75. The van der Waals surface area contributed by atoms with Crippen molar-refractivity contribution >= 4 is 17.7 Å². The van der Waals surface area contributed by atoms with Crippen molar-refractivity contribution in [2.75, 3.05) is 12.8 Å². The third kappa shape index (κ3) is 2.69. The third-order valence-corrected chi connectivity index (χ3v) is 4.08. The van der Waals surface area contributed by atoms with Gasteiger partial charge >= 0.3 is 0 Å². The highest BCUT2D eigenvalue weighted by atomic mass is 32.2. The summed E-state index contributed by atoms with van der Waals surface area (Å²) in [4.78, 5) is 8.17. The number of hydrogen-bond acceptors (Lipinski definition) is 7. The molecule has 0 saturated heterocycles. The molecule has 2 aromatic heterocycles. The first-order valence-corrected chi connectivity index (χ1v) is 7.36. The van der Waals surface area contributed by atoms with Gasteiger partial charge in [-0.25, -0.2) is 4.98 Å². The molecule has 0 aliphatic carbocycles. The second kappa shape index (κ2) is 5.66. The first-order valence-electron chi connectivity index (χ1n) is 6.55. The number of nitrogens with zero attached hydrogens (tertiary/aromatic N) is 5. The molecule has 0 bridgehead atoms. The molecular formula is C12H16N6OS. The van der Waals surface area contributed by atoms with Gasteiger partial charge in [0.25, 0.3) is 0 Å². The predicted octanol–water partition coefficient (Wildman–Crippen LogP) is 1.54. The molecule has 0 amide bonds. The van der Waals surface area contributed by atoms with Crippen molar-refractivity contribution in [1.29, 1.82) is 0 Å². The van der Waals surface area contributed by atoms with Gasteiger partial charge in [0.15, 0.2) is 5.16 Å². The summed E-state index contributed by atoms with van der Waals surface area (Å²) >= 11 is 1.44. The first kappa shape index (κ1) is 13.2. The zero-order valence-corrected chi connectivity index (χ0v) is 12.1. The van der Waals surface area contributed by atoms with Crippen molar-refractivity contribution in [3.05, 3.63) is 11.9 Å². The van der Waals surface area contributed by atoms with Crippen LogP contribution >= 0.6 is 11.8 Å². The Morgan fingerprint density at radius 1 is 1.25 bits per heavy atom. The maximum Gasteiger partial charge on any atom is 0.224 e. The fourth-order valence-electron chi connectivity index (χ4n) is 2.21. The fourth-order valence-corrected chi connectivity index (χ4v) is 3.08. The van der Waals surface area contributed by atoms with Gasteiger partial charge < -0.3 is 15.0 Å². The van der Waals surface area contributed by atoms with Crippen LogP contribution < -0.4 is 10.5 Å². The second-order valence-corrected chi connectivity index (χ2v) is 5.56. The lowest BCUT2D eigenvalue weighted by Gasteiger charge is -2.07. The van der Waals surface area contributed by atoms with E-state index < -0.39 is 0 Å². The minimum atomic E-state index is 0.197. The minimum absolute atomic E-state index is 0.197. The van der Waals surface area contributed by atoms with Gasteiger partial charge in [0.05, 0.1) is 7.11 Å². The topological polar surface area (TPSA) is 91.7 Å². The summed E-state index contributed by atoms with van der Waals surface area (Å²) < 4.78 is 7.27. The molecule has 20 heavy (non-hydrogen) atoms. The number of fused-ring (bicyclic) bond motifs is 1. The molecule has 2 aromatic rings.